The van der Waals surface area contributed by atoms with Crippen LogP contribution in [-0.4, -0.2) is 23.3 Å². The summed E-state index contributed by atoms with van der Waals surface area (Å²) in [7, 11) is 0. The minimum absolute atomic E-state index is 0.0283. The van der Waals surface area contributed by atoms with E-state index in [9.17, 15) is 9.59 Å². The van der Waals surface area contributed by atoms with Gasteiger partial charge in [0.2, 0.25) is 11.8 Å². The van der Waals surface area contributed by atoms with Gasteiger partial charge in [0, 0.05) is 18.2 Å². The molecule has 2 unspecified atom stereocenters. The van der Waals surface area contributed by atoms with Gasteiger partial charge in [0.25, 0.3) is 0 Å². The summed E-state index contributed by atoms with van der Waals surface area (Å²) in [5.74, 6) is 1.12. The van der Waals surface area contributed by atoms with Gasteiger partial charge in [0.15, 0.2) is 0 Å². The van der Waals surface area contributed by atoms with Crippen molar-refractivity contribution in [3.63, 3.8) is 0 Å². The average molecular weight is 287 g/mol. The van der Waals surface area contributed by atoms with Crippen molar-refractivity contribution in [3.05, 3.63) is 29.8 Å². The van der Waals surface area contributed by atoms with Crippen molar-refractivity contribution in [2.24, 2.45) is 23.5 Å². The van der Waals surface area contributed by atoms with Crippen molar-refractivity contribution in [1.82, 2.24) is 4.90 Å². The second-order valence-electron chi connectivity index (χ2n) is 6.33. The van der Waals surface area contributed by atoms with E-state index < -0.39 is 5.91 Å². The number of benzene rings is 1. The number of anilines is 1. The molecule has 0 aromatic heterocycles. The van der Waals surface area contributed by atoms with E-state index in [1.54, 1.807) is 11.0 Å². The van der Waals surface area contributed by atoms with Crippen LogP contribution in [0.3, 0.4) is 0 Å². The summed E-state index contributed by atoms with van der Waals surface area (Å²) in [5, 5.41) is 0. The molecule has 0 radical (unpaired) electrons. The SMILES string of the molecule is NC(=O)CN(Cc1cccc(N)c1)C(=O)C1CC2CC2C1. The first-order valence-corrected chi connectivity index (χ1v) is 7.44. The van der Waals surface area contributed by atoms with Gasteiger partial charge in [-0.1, -0.05) is 12.1 Å². The zero-order chi connectivity index (χ0) is 15.0. The monoisotopic (exact) mass is 287 g/mol. The number of hydrogen-bond acceptors (Lipinski definition) is 3. The molecule has 1 aromatic rings. The highest BCUT2D eigenvalue weighted by atomic mass is 16.2. The largest absolute Gasteiger partial charge is 0.399 e. The summed E-state index contributed by atoms with van der Waals surface area (Å²) in [6.45, 7) is 0.359. The topological polar surface area (TPSA) is 89.4 Å². The number of nitrogen functional groups attached to an aromatic ring is 1. The molecule has 0 aliphatic heterocycles. The van der Waals surface area contributed by atoms with Gasteiger partial charge < -0.3 is 16.4 Å². The van der Waals surface area contributed by atoms with Gasteiger partial charge in [-0.05, 0) is 48.8 Å². The Balaban J connectivity index is 1.70. The van der Waals surface area contributed by atoms with Crippen LogP contribution in [0.1, 0.15) is 24.8 Å². The van der Waals surface area contributed by atoms with E-state index in [1.165, 1.54) is 6.42 Å². The van der Waals surface area contributed by atoms with E-state index >= 15 is 0 Å². The molecule has 0 saturated heterocycles. The van der Waals surface area contributed by atoms with Gasteiger partial charge in [-0.15, -0.1) is 0 Å². The van der Waals surface area contributed by atoms with Crippen LogP contribution in [0, 0.1) is 17.8 Å². The van der Waals surface area contributed by atoms with Gasteiger partial charge in [-0.2, -0.15) is 0 Å². The molecular weight excluding hydrogens is 266 g/mol. The molecular formula is C16H21N3O2. The van der Waals surface area contributed by atoms with Crippen molar-refractivity contribution in [2.75, 3.05) is 12.3 Å². The van der Waals surface area contributed by atoms with Gasteiger partial charge in [0.05, 0.1) is 6.54 Å². The number of hydrogen-bond donors (Lipinski definition) is 2. The molecule has 0 heterocycles. The zero-order valence-corrected chi connectivity index (χ0v) is 12.0. The Hall–Kier alpha value is -2.04. The minimum Gasteiger partial charge on any atom is -0.399 e. The van der Waals surface area contributed by atoms with Crippen LogP contribution in [0.15, 0.2) is 24.3 Å². The van der Waals surface area contributed by atoms with Crippen LogP contribution < -0.4 is 11.5 Å². The number of primary amides is 1. The number of fused-ring (bicyclic) bond motifs is 1. The Labute approximate surface area is 124 Å². The van der Waals surface area contributed by atoms with Crippen LogP contribution >= 0.6 is 0 Å². The van der Waals surface area contributed by atoms with Crippen molar-refractivity contribution in [1.29, 1.82) is 0 Å². The summed E-state index contributed by atoms with van der Waals surface area (Å²) in [6.07, 6.45) is 3.21. The van der Waals surface area contributed by atoms with Gasteiger partial charge in [0.1, 0.15) is 0 Å². The molecule has 2 fully saturated rings. The summed E-state index contributed by atoms with van der Waals surface area (Å²) in [4.78, 5) is 25.5. The quantitative estimate of drug-likeness (QED) is 0.795. The Bertz CT molecular complexity index is 562. The van der Waals surface area contributed by atoms with Crippen LogP contribution in [0.4, 0.5) is 5.69 Å². The van der Waals surface area contributed by atoms with Gasteiger partial charge in [-0.3, -0.25) is 9.59 Å². The van der Waals surface area contributed by atoms with E-state index in [4.69, 9.17) is 11.5 Å². The Kier molecular flexibility index (Phi) is 3.57. The molecule has 2 aliphatic carbocycles. The molecule has 4 N–H and O–H groups in total. The smallest absolute Gasteiger partial charge is 0.237 e. The third-order valence-electron chi connectivity index (χ3n) is 4.58. The van der Waals surface area contributed by atoms with Crippen LogP contribution in [-0.2, 0) is 16.1 Å². The lowest BCUT2D eigenvalue weighted by molar-refractivity contribution is -0.139. The average Bonchev–Trinajstić information content (AvgIpc) is 3.03. The fourth-order valence-corrected chi connectivity index (χ4v) is 3.49. The predicted molar refractivity (Wildman–Crippen MR) is 79.8 cm³/mol. The fraction of sp³-hybridized carbons (Fsp3) is 0.500. The third kappa shape index (κ3) is 3.17. The molecule has 0 bridgehead atoms. The molecule has 112 valence electrons. The highest BCUT2D eigenvalue weighted by Gasteiger charge is 2.48. The first kappa shape index (κ1) is 13.9. The number of rotatable bonds is 5. The van der Waals surface area contributed by atoms with Gasteiger partial charge in [-0.25, -0.2) is 0 Å². The van der Waals surface area contributed by atoms with Crippen molar-refractivity contribution < 1.29 is 9.59 Å². The van der Waals surface area contributed by atoms with E-state index in [0.717, 1.165) is 30.2 Å². The number of nitrogens with zero attached hydrogens (tertiary/aromatic N) is 1. The zero-order valence-electron chi connectivity index (χ0n) is 12.0. The summed E-state index contributed by atoms with van der Waals surface area (Å²) in [5.41, 5.74) is 12.6. The maximum atomic E-state index is 12.6. The van der Waals surface area contributed by atoms with Gasteiger partial charge >= 0.3 is 0 Å². The van der Waals surface area contributed by atoms with E-state index in [0.29, 0.717) is 12.2 Å². The van der Waals surface area contributed by atoms with Crippen molar-refractivity contribution in [2.45, 2.75) is 25.8 Å². The van der Waals surface area contributed by atoms with Crippen LogP contribution in [0.5, 0.6) is 0 Å². The highest BCUT2D eigenvalue weighted by molar-refractivity contribution is 5.85. The fourth-order valence-electron chi connectivity index (χ4n) is 3.49. The van der Waals surface area contributed by atoms with E-state index in [-0.39, 0.29) is 18.4 Å². The van der Waals surface area contributed by atoms with Crippen molar-refractivity contribution >= 4 is 17.5 Å². The molecule has 2 amide bonds. The number of carbonyl (C=O) groups excluding carboxylic acids is 2. The molecule has 3 rings (SSSR count). The standard InChI is InChI=1S/C16H21N3O2/c17-14-3-1-2-10(4-14)8-19(9-15(18)20)16(21)13-6-11-5-12(11)7-13/h1-4,11-13H,5-9,17H2,(H2,18,20). The maximum Gasteiger partial charge on any atom is 0.237 e. The Morgan fingerprint density at radius 2 is 1.90 bits per heavy atom. The molecule has 21 heavy (non-hydrogen) atoms. The first-order valence-electron chi connectivity index (χ1n) is 7.44. The third-order valence-corrected chi connectivity index (χ3v) is 4.58. The maximum absolute atomic E-state index is 12.6. The first-order chi connectivity index (χ1) is 10.0. The molecule has 5 nitrogen and oxygen atoms in total. The lowest BCUT2D eigenvalue weighted by Crippen LogP contribution is -2.41. The molecule has 1 aromatic carbocycles. The molecule has 0 spiro atoms. The number of amides is 2. The Morgan fingerprint density at radius 1 is 1.19 bits per heavy atom. The summed E-state index contributed by atoms with van der Waals surface area (Å²) < 4.78 is 0. The summed E-state index contributed by atoms with van der Waals surface area (Å²) >= 11 is 0. The second-order valence-corrected chi connectivity index (χ2v) is 6.33. The molecule has 2 aliphatic rings. The molecule has 5 heteroatoms. The lowest BCUT2D eigenvalue weighted by Gasteiger charge is -2.25. The summed E-state index contributed by atoms with van der Waals surface area (Å²) in [6, 6.07) is 7.38. The normalized spacial score (nSPS) is 26.2. The number of carbonyl (C=O) groups is 2. The predicted octanol–water partition coefficient (Wildman–Crippen LogP) is 1.13. The molecule has 2 atom stereocenters. The van der Waals surface area contributed by atoms with E-state index in [1.807, 2.05) is 18.2 Å². The number of nitrogens with two attached hydrogens (primary N) is 2. The second kappa shape index (κ2) is 5.39. The lowest BCUT2D eigenvalue weighted by atomic mass is 10.0. The van der Waals surface area contributed by atoms with Crippen LogP contribution in [0.25, 0.3) is 0 Å². The van der Waals surface area contributed by atoms with Crippen LogP contribution in [0.2, 0.25) is 0 Å². The Morgan fingerprint density at radius 3 is 2.52 bits per heavy atom. The van der Waals surface area contributed by atoms with Crippen molar-refractivity contribution in [3.8, 4) is 0 Å². The van der Waals surface area contributed by atoms with E-state index in [2.05, 4.69) is 0 Å². The highest BCUT2D eigenvalue weighted by Crippen LogP contribution is 2.54. The minimum atomic E-state index is -0.476. The molecule has 2 saturated carbocycles.